The van der Waals surface area contributed by atoms with E-state index in [2.05, 4.69) is 15.3 Å². The lowest BCUT2D eigenvalue weighted by molar-refractivity contribution is -0.114. The van der Waals surface area contributed by atoms with Gasteiger partial charge >= 0.3 is 0 Å². The summed E-state index contributed by atoms with van der Waals surface area (Å²) in [4.78, 5) is 19.0. The molecule has 0 bridgehead atoms. The molecule has 4 heteroatoms. The summed E-state index contributed by atoms with van der Waals surface area (Å²) >= 11 is 0. The van der Waals surface area contributed by atoms with Crippen LogP contribution in [0.3, 0.4) is 0 Å². The second kappa shape index (κ2) is 2.97. The molecule has 0 saturated carbocycles. The maximum Gasteiger partial charge on any atom is 0.221 e. The molecule has 0 radical (unpaired) electrons. The molecule has 1 aliphatic rings. The van der Waals surface area contributed by atoms with Crippen LogP contribution in [0.5, 0.6) is 0 Å². The molecule has 1 aromatic heterocycles. The van der Waals surface area contributed by atoms with Crippen LogP contribution in [0.4, 0.5) is 11.4 Å². The number of pyridine rings is 1. The van der Waals surface area contributed by atoms with Crippen LogP contribution in [0.15, 0.2) is 17.3 Å². The van der Waals surface area contributed by atoms with E-state index in [0.717, 1.165) is 17.8 Å². The first-order valence-electron chi connectivity index (χ1n) is 4.05. The third-order valence-corrected chi connectivity index (χ3v) is 1.78. The van der Waals surface area contributed by atoms with Gasteiger partial charge < -0.3 is 5.32 Å². The van der Waals surface area contributed by atoms with E-state index in [9.17, 15) is 4.79 Å². The molecule has 0 aromatic carbocycles. The molecule has 0 atom stereocenters. The molecule has 66 valence electrons. The van der Waals surface area contributed by atoms with Crippen molar-refractivity contribution in [2.24, 2.45) is 4.99 Å². The fourth-order valence-corrected chi connectivity index (χ4v) is 1.25. The molecule has 1 aromatic rings. The maximum absolute atomic E-state index is 10.7. The van der Waals surface area contributed by atoms with E-state index in [1.807, 2.05) is 12.3 Å². The predicted molar refractivity (Wildman–Crippen MR) is 50.4 cm³/mol. The van der Waals surface area contributed by atoms with Crippen molar-refractivity contribution in [3.05, 3.63) is 18.0 Å². The average Bonchev–Trinajstić information content (AvgIpc) is 2.49. The highest BCUT2D eigenvalue weighted by Gasteiger charge is 2.08. The first-order chi connectivity index (χ1) is 6.25. The summed E-state index contributed by atoms with van der Waals surface area (Å²) < 4.78 is 0. The zero-order valence-corrected chi connectivity index (χ0v) is 7.24. The molecule has 1 aliphatic heterocycles. The van der Waals surface area contributed by atoms with E-state index in [4.69, 9.17) is 0 Å². The third-order valence-electron chi connectivity index (χ3n) is 1.78. The second-order valence-electron chi connectivity index (χ2n) is 2.89. The highest BCUT2D eigenvalue weighted by atomic mass is 16.1. The molecule has 0 unspecified atom stereocenters. The van der Waals surface area contributed by atoms with E-state index in [0.29, 0.717) is 5.69 Å². The van der Waals surface area contributed by atoms with Gasteiger partial charge in [0.2, 0.25) is 5.91 Å². The Kier molecular flexibility index (Phi) is 1.81. The van der Waals surface area contributed by atoms with Crippen LogP contribution in [-0.4, -0.2) is 17.1 Å². The van der Waals surface area contributed by atoms with Crippen LogP contribution in [0, 0.1) is 0 Å². The number of hydrogen-bond donors (Lipinski definition) is 1. The lowest BCUT2D eigenvalue weighted by Crippen LogP contribution is -2.06. The zero-order chi connectivity index (χ0) is 9.26. The molecule has 0 fully saturated rings. The molecule has 1 N–H and O–H groups in total. The second-order valence-corrected chi connectivity index (χ2v) is 2.89. The van der Waals surface area contributed by atoms with Crippen molar-refractivity contribution in [1.29, 1.82) is 0 Å². The fraction of sp³-hybridized carbons (Fsp3) is 0.222. The quantitative estimate of drug-likeness (QED) is 0.699. The first-order valence-corrected chi connectivity index (χ1v) is 4.05. The third kappa shape index (κ3) is 1.56. The Hall–Kier alpha value is -1.71. The Morgan fingerprint density at radius 1 is 1.62 bits per heavy atom. The smallest absolute Gasteiger partial charge is 0.221 e. The number of amides is 1. The summed E-state index contributed by atoms with van der Waals surface area (Å²) in [6.45, 7) is 1.47. The van der Waals surface area contributed by atoms with Gasteiger partial charge in [-0.05, 0) is 6.07 Å². The number of aromatic nitrogens is 1. The summed E-state index contributed by atoms with van der Waals surface area (Å²) in [6, 6.07) is 1.83. The number of hydrogen-bond acceptors (Lipinski definition) is 3. The van der Waals surface area contributed by atoms with Crippen LogP contribution < -0.4 is 5.32 Å². The van der Waals surface area contributed by atoms with Crippen molar-refractivity contribution in [3.63, 3.8) is 0 Å². The predicted octanol–water partition coefficient (Wildman–Crippen LogP) is 1.30. The Labute approximate surface area is 75.7 Å². The molecular formula is C9H9N3O. The number of aliphatic imine (C=N–C) groups is 1. The number of carbonyl (C=O) groups is 1. The van der Waals surface area contributed by atoms with Crippen molar-refractivity contribution < 1.29 is 4.79 Å². The monoisotopic (exact) mass is 175 g/mol. The van der Waals surface area contributed by atoms with Gasteiger partial charge in [0.15, 0.2) is 0 Å². The number of nitrogens with one attached hydrogen (secondary N) is 1. The molecule has 2 rings (SSSR count). The average molecular weight is 175 g/mol. The molecular weight excluding hydrogens is 166 g/mol. The maximum atomic E-state index is 10.7. The van der Waals surface area contributed by atoms with Crippen molar-refractivity contribution in [3.8, 4) is 0 Å². The van der Waals surface area contributed by atoms with Crippen LogP contribution in [0.2, 0.25) is 0 Å². The summed E-state index contributed by atoms with van der Waals surface area (Å²) in [5, 5.41) is 2.66. The van der Waals surface area contributed by atoms with E-state index in [1.165, 1.54) is 6.92 Å². The SMILES string of the molecule is CC(=O)Nc1cnc2c(c1)N=CC2. The normalized spacial score (nSPS) is 12.7. The van der Waals surface area contributed by atoms with Gasteiger partial charge in [0, 0.05) is 19.6 Å². The van der Waals surface area contributed by atoms with Crippen molar-refractivity contribution in [2.75, 3.05) is 5.32 Å². The minimum absolute atomic E-state index is 0.0938. The molecule has 4 nitrogen and oxygen atoms in total. The summed E-state index contributed by atoms with van der Waals surface area (Å²) in [5.41, 5.74) is 2.52. The standard InChI is InChI=1S/C9H9N3O/c1-6(13)12-7-4-9-8(11-5-7)2-3-10-9/h3-5H,2H2,1H3,(H,12,13). The highest BCUT2D eigenvalue weighted by Crippen LogP contribution is 2.24. The van der Waals surface area contributed by atoms with Gasteiger partial charge in [-0.15, -0.1) is 0 Å². The summed E-state index contributed by atoms with van der Waals surface area (Å²) in [5.74, 6) is -0.0938. The molecule has 0 spiro atoms. The van der Waals surface area contributed by atoms with Crippen molar-refractivity contribution in [1.82, 2.24) is 4.98 Å². The summed E-state index contributed by atoms with van der Waals surface area (Å²) in [7, 11) is 0. The van der Waals surface area contributed by atoms with Gasteiger partial charge in [0.25, 0.3) is 0 Å². The van der Waals surface area contributed by atoms with E-state index in [-0.39, 0.29) is 5.91 Å². The number of rotatable bonds is 1. The highest BCUT2D eigenvalue weighted by molar-refractivity contribution is 5.89. The zero-order valence-electron chi connectivity index (χ0n) is 7.24. The van der Waals surface area contributed by atoms with Crippen LogP contribution in [0.25, 0.3) is 0 Å². The number of fused-ring (bicyclic) bond motifs is 1. The van der Waals surface area contributed by atoms with Crippen LogP contribution in [-0.2, 0) is 11.2 Å². The molecule has 1 amide bonds. The van der Waals surface area contributed by atoms with E-state index < -0.39 is 0 Å². The van der Waals surface area contributed by atoms with Crippen LogP contribution in [0.1, 0.15) is 12.6 Å². The molecule has 13 heavy (non-hydrogen) atoms. The number of anilines is 1. The lowest BCUT2D eigenvalue weighted by Gasteiger charge is -2.02. The minimum atomic E-state index is -0.0938. The largest absolute Gasteiger partial charge is 0.325 e. The van der Waals surface area contributed by atoms with Crippen molar-refractivity contribution in [2.45, 2.75) is 13.3 Å². The summed E-state index contributed by atoms with van der Waals surface area (Å²) in [6.07, 6.45) is 4.25. The molecule has 0 aliphatic carbocycles. The topological polar surface area (TPSA) is 54.4 Å². The minimum Gasteiger partial charge on any atom is -0.325 e. The van der Waals surface area contributed by atoms with Gasteiger partial charge in [-0.3, -0.25) is 14.8 Å². The molecule has 0 saturated heterocycles. The van der Waals surface area contributed by atoms with E-state index >= 15 is 0 Å². The first kappa shape index (κ1) is 7.91. The Morgan fingerprint density at radius 3 is 3.23 bits per heavy atom. The Balaban J connectivity index is 2.30. The van der Waals surface area contributed by atoms with Crippen molar-refractivity contribution >= 4 is 23.5 Å². The van der Waals surface area contributed by atoms with Crippen LogP contribution >= 0.6 is 0 Å². The number of nitrogens with zero attached hydrogens (tertiary/aromatic N) is 2. The van der Waals surface area contributed by atoms with Gasteiger partial charge in [0.05, 0.1) is 23.3 Å². The Bertz CT molecular complexity index is 384. The van der Waals surface area contributed by atoms with Gasteiger partial charge in [-0.2, -0.15) is 0 Å². The lowest BCUT2D eigenvalue weighted by atomic mass is 10.2. The Morgan fingerprint density at radius 2 is 2.46 bits per heavy atom. The molecule has 2 heterocycles. The van der Waals surface area contributed by atoms with Gasteiger partial charge in [-0.25, -0.2) is 0 Å². The number of carbonyl (C=O) groups excluding carboxylic acids is 1. The fourth-order valence-electron chi connectivity index (χ4n) is 1.25. The van der Waals surface area contributed by atoms with Gasteiger partial charge in [0.1, 0.15) is 0 Å². The van der Waals surface area contributed by atoms with E-state index in [1.54, 1.807) is 6.20 Å². The van der Waals surface area contributed by atoms with Gasteiger partial charge in [-0.1, -0.05) is 0 Å².